The number of hydrogen-bond acceptors (Lipinski definition) is 4. The lowest BCUT2D eigenvalue weighted by Crippen LogP contribution is -2.25. The van der Waals surface area contributed by atoms with Crippen molar-refractivity contribution in [2.45, 2.75) is 39.4 Å². The molecule has 0 fully saturated rings. The third-order valence-corrected chi connectivity index (χ3v) is 5.62. The van der Waals surface area contributed by atoms with E-state index >= 15 is 0 Å². The summed E-state index contributed by atoms with van der Waals surface area (Å²) in [5.74, 6) is 0. The first-order valence-corrected chi connectivity index (χ1v) is 10.3. The first-order valence-electron chi connectivity index (χ1n) is 8.36. The van der Waals surface area contributed by atoms with E-state index in [1.165, 1.54) is 12.1 Å². The molecule has 27 heavy (non-hydrogen) atoms. The van der Waals surface area contributed by atoms with Gasteiger partial charge in [-0.1, -0.05) is 66.4 Å². The highest BCUT2D eigenvalue weighted by atomic mass is 35.5. The maximum Gasteiger partial charge on any atom is 0.434 e. The third-order valence-electron chi connectivity index (χ3n) is 3.85. The van der Waals surface area contributed by atoms with Crippen LogP contribution in [0.5, 0.6) is 0 Å². The van der Waals surface area contributed by atoms with Gasteiger partial charge in [0.15, 0.2) is 10.8 Å². The number of alkyl halides is 3. The lowest BCUT2D eigenvalue weighted by atomic mass is 10.3. The largest absolute Gasteiger partial charge is 0.434 e. The predicted molar refractivity (Wildman–Crippen MR) is 108 cm³/mol. The fourth-order valence-corrected chi connectivity index (χ4v) is 4.38. The summed E-state index contributed by atoms with van der Waals surface area (Å²) in [6.07, 6.45) is -2.63. The van der Waals surface area contributed by atoms with Crippen molar-refractivity contribution in [1.29, 1.82) is 0 Å². The molecule has 0 saturated carbocycles. The van der Waals surface area contributed by atoms with Crippen LogP contribution in [-0.2, 0) is 12.7 Å². The molecule has 0 aliphatic carbocycles. The summed E-state index contributed by atoms with van der Waals surface area (Å²) in [6.45, 7) is 5.55. The smallest absolute Gasteiger partial charge is 0.329 e. The van der Waals surface area contributed by atoms with Crippen molar-refractivity contribution in [3.05, 3.63) is 37.8 Å². The lowest BCUT2D eigenvalue weighted by Gasteiger charge is -2.19. The van der Waals surface area contributed by atoms with Gasteiger partial charge in [-0.05, 0) is 31.6 Å². The van der Waals surface area contributed by atoms with Crippen molar-refractivity contribution in [2.24, 2.45) is 0 Å². The van der Waals surface area contributed by atoms with E-state index < -0.39 is 11.9 Å². The van der Waals surface area contributed by atoms with Crippen molar-refractivity contribution in [3.8, 4) is 0 Å². The molecule has 0 spiro atoms. The monoisotopic (exact) mass is 459 g/mol. The fourth-order valence-electron chi connectivity index (χ4n) is 2.44. The van der Waals surface area contributed by atoms with Crippen LogP contribution in [0.3, 0.4) is 0 Å². The average molecular weight is 461 g/mol. The summed E-state index contributed by atoms with van der Waals surface area (Å²) in [4.78, 5) is 5.88. The second-order valence-corrected chi connectivity index (χ2v) is 8.21. The van der Waals surface area contributed by atoms with E-state index in [0.717, 1.165) is 30.7 Å². The van der Waals surface area contributed by atoms with Gasteiger partial charge in [0, 0.05) is 11.6 Å². The lowest BCUT2D eigenvalue weighted by molar-refractivity contribution is -0.141. The molecule has 0 radical (unpaired) electrons. The number of thiazole rings is 1. The Morgan fingerprint density at radius 2 is 1.78 bits per heavy atom. The Bertz CT molecular complexity index is 758. The number of halogens is 6. The predicted octanol–water partition coefficient (Wildman–Crippen LogP) is 7.49. The first kappa shape index (κ1) is 22.6. The minimum absolute atomic E-state index is 0.0787. The molecule has 0 aliphatic heterocycles. The number of benzene rings is 1. The molecule has 0 bridgehead atoms. The van der Waals surface area contributed by atoms with Gasteiger partial charge in [-0.2, -0.15) is 13.2 Å². The molecule has 1 heterocycles. The highest BCUT2D eigenvalue weighted by molar-refractivity contribution is 7.15. The molecule has 1 aromatic heterocycles. The Labute approximate surface area is 175 Å². The van der Waals surface area contributed by atoms with Crippen LogP contribution < -0.4 is 5.32 Å². The van der Waals surface area contributed by atoms with Gasteiger partial charge in [-0.25, -0.2) is 4.98 Å². The topological polar surface area (TPSA) is 28.2 Å². The molecule has 0 amide bonds. The average Bonchev–Trinajstić information content (AvgIpc) is 2.97. The van der Waals surface area contributed by atoms with E-state index in [-0.39, 0.29) is 32.3 Å². The summed E-state index contributed by atoms with van der Waals surface area (Å²) in [5, 5.41) is 3.62. The van der Waals surface area contributed by atoms with Gasteiger partial charge in [0.1, 0.15) is 0 Å². The maximum atomic E-state index is 13.4. The number of nitrogens with zero attached hydrogens (tertiary/aromatic N) is 2. The van der Waals surface area contributed by atoms with Gasteiger partial charge in [0.25, 0.3) is 0 Å². The van der Waals surface area contributed by atoms with Crippen LogP contribution in [0.4, 0.5) is 24.0 Å². The molecule has 3 nitrogen and oxygen atoms in total. The van der Waals surface area contributed by atoms with E-state index in [1.54, 1.807) is 0 Å². The number of hydrogen-bond donors (Lipinski definition) is 1. The van der Waals surface area contributed by atoms with Crippen LogP contribution in [0.15, 0.2) is 12.1 Å². The van der Waals surface area contributed by atoms with Crippen molar-refractivity contribution in [1.82, 2.24) is 9.88 Å². The molecule has 1 aromatic carbocycles. The van der Waals surface area contributed by atoms with Gasteiger partial charge in [0.2, 0.25) is 0 Å². The Balaban J connectivity index is 2.33. The normalized spacial score (nSPS) is 12.0. The molecular formula is C17H19Cl3F3N3S. The number of rotatable bonds is 8. The minimum atomic E-state index is -4.54. The van der Waals surface area contributed by atoms with Gasteiger partial charge in [-0.15, -0.1) is 0 Å². The van der Waals surface area contributed by atoms with Gasteiger partial charge in [-0.3, -0.25) is 4.90 Å². The molecule has 0 atom stereocenters. The van der Waals surface area contributed by atoms with E-state index in [1.807, 2.05) is 18.7 Å². The van der Waals surface area contributed by atoms with Crippen LogP contribution in [0.1, 0.15) is 37.3 Å². The molecule has 1 N–H and O–H groups in total. The zero-order valence-electron chi connectivity index (χ0n) is 14.8. The van der Waals surface area contributed by atoms with Crippen molar-refractivity contribution >= 4 is 57.0 Å². The van der Waals surface area contributed by atoms with Crippen molar-refractivity contribution in [2.75, 3.05) is 18.4 Å². The van der Waals surface area contributed by atoms with Crippen LogP contribution in [0.25, 0.3) is 0 Å². The van der Waals surface area contributed by atoms with E-state index in [9.17, 15) is 13.2 Å². The quantitative estimate of drug-likeness (QED) is 0.442. The zero-order chi connectivity index (χ0) is 20.2. The molecule has 0 unspecified atom stereocenters. The Morgan fingerprint density at radius 1 is 1.15 bits per heavy atom. The molecule has 2 rings (SSSR count). The molecule has 0 saturated heterocycles. The first-order chi connectivity index (χ1) is 12.7. The van der Waals surface area contributed by atoms with Crippen molar-refractivity contribution in [3.63, 3.8) is 0 Å². The Kier molecular flexibility index (Phi) is 8.06. The van der Waals surface area contributed by atoms with Gasteiger partial charge >= 0.3 is 6.18 Å². The molecular weight excluding hydrogens is 442 g/mol. The SMILES string of the molecule is CCCCN(CC)Cc1sc(Nc2c(Cl)cc(Cl)cc2Cl)nc1C(F)(F)F. The van der Waals surface area contributed by atoms with Gasteiger partial charge < -0.3 is 5.32 Å². The van der Waals surface area contributed by atoms with Crippen LogP contribution in [0, 0.1) is 0 Å². The highest BCUT2D eigenvalue weighted by Gasteiger charge is 2.38. The molecule has 150 valence electrons. The van der Waals surface area contributed by atoms with Crippen LogP contribution >= 0.6 is 46.1 Å². The van der Waals surface area contributed by atoms with E-state index in [4.69, 9.17) is 34.8 Å². The Hall–Kier alpha value is -0.730. The molecule has 0 aliphatic rings. The minimum Gasteiger partial charge on any atom is -0.329 e. The van der Waals surface area contributed by atoms with Crippen LogP contribution in [0.2, 0.25) is 15.1 Å². The summed E-state index contributed by atoms with van der Waals surface area (Å²) in [6, 6.07) is 2.92. The van der Waals surface area contributed by atoms with E-state index in [0.29, 0.717) is 11.6 Å². The number of nitrogens with one attached hydrogen (secondary N) is 1. The second kappa shape index (κ2) is 9.65. The van der Waals surface area contributed by atoms with E-state index in [2.05, 4.69) is 10.3 Å². The summed E-state index contributed by atoms with van der Waals surface area (Å²) in [7, 11) is 0. The standard InChI is InChI=1S/C17H19Cl3F3N3S/c1-3-5-6-26(4-2)9-13-15(17(21,22)23)25-16(27-13)24-14-11(19)7-10(18)8-12(14)20/h7-8H,3-6,9H2,1-2H3,(H,24,25). The Morgan fingerprint density at radius 3 is 2.30 bits per heavy atom. The highest BCUT2D eigenvalue weighted by Crippen LogP contribution is 2.40. The second-order valence-electron chi connectivity index (χ2n) is 5.88. The van der Waals surface area contributed by atoms with Gasteiger partial charge in [0.05, 0.1) is 20.6 Å². The summed E-state index contributed by atoms with van der Waals surface area (Å²) in [5.41, 5.74) is -0.610. The maximum absolute atomic E-state index is 13.4. The van der Waals surface area contributed by atoms with Crippen LogP contribution in [-0.4, -0.2) is 23.0 Å². The summed E-state index contributed by atoms with van der Waals surface area (Å²) < 4.78 is 40.3. The number of unbranched alkanes of at least 4 members (excludes halogenated alkanes) is 1. The van der Waals surface area contributed by atoms with Crippen molar-refractivity contribution < 1.29 is 13.2 Å². The summed E-state index contributed by atoms with van der Waals surface area (Å²) >= 11 is 19.0. The fraction of sp³-hybridized carbons (Fsp3) is 0.471. The zero-order valence-corrected chi connectivity index (χ0v) is 17.8. The third kappa shape index (κ3) is 6.12. The number of anilines is 2. The number of aromatic nitrogens is 1. The molecule has 10 heteroatoms. The molecule has 2 aromatic rings.